The molecule has 1 aromatic carbocycles. The molecular weight excluding hydrogens is 359 g/mol. The van der Waals surface area contributed by atoms with Gasteiger partial charge in [-0.25, -0.2) is 14.4 Å². The number of fused-ring (bicyclic) bond motifs is 1. The third-order valence-electron chi connectivity index (χ3n) is 5.47. The van der Waals surface area contributed by atoms with E-state index in [4.69, 9.17) is 4.42 Å². The van der Waals surface area contributed by atoms with Gasteiger partial charge in [0.05, 0.1) is 5.39 Å². The maximum atomic E-state index is 13.3. The highest BCUT2D eigenvalue weighted by molar-refractivity contribution is 5.90. The summed E-state index contributed by atoms with van der Waals surface area (Å²) in [7, 11) is 0. The van der Waals surface area contributed by atoms with Crippen LogP contribution in [0, 0.1) is 25.6 Å². The van der Waals surface area contributed by atoms with Crippen molar-refractivity contribution < 1.29 is 13.6 Å². The molecule has 0 unspecified atom stereocenters. The summed E-state index contributed by atoms with van der Waals surface area (Å²) in [6.45, 7) is 5.77. The van der Waals surface area contributed by atoms with Crippen molar-refractivity contribution in [2.75, 3.05) is 18.0 Å². The van der Waals surface area contributed by atoms with Crippen molar-refractivity contribution in [3.63, 3.8) is 0 Å². The maximum absolute atomic E-state index is 13.3. The van der Waals surface area contributed by atoms with Gasteiger partial charge in [-0.3, -0.25) is 4.79 Å². The molecule has 0 atom stereocenters. The number of hydrogen-bond acceptors (Lipinski definition) is 5. The number of furan rings is 1. The van der Waals surface area contributed by atoms with Gasteiger partial charge in [-0.1, -0.05) is 12.1 Å². The van der Waals surface area contributed by atoms with Crippen molar-refractivity contribution in [3.05, 3.63) is 53.3 Å². The Balaban J connectivity index is 1.39. The summed E-state index contributed by atoms with van der Waals surface area (Å²) in [5, 5.41) is 3.88. The summed E-state index contributed by atoms with van der Waals surface area (Å²) >= 11 is 0. The Hall–Kier alpha value is -2.96. The van der Waals surface area contributed by atoms with Crippen LogP contribution in [0.2, 0.25) is 0 Å². The number of amides is 1. The zero-order valence-electron chi connectivity index (χ0n) is 16.0. The van der Waals surface area contributed by atoms with Crippen molar-refractivity contribution >= 4 is 22.8 Å². The van der Waals surface area contributed by atoms with Crippen LogP contribution in [-0.2, 0) is 11.3 Å². The summed E-state index contributed by atoms with van der Waals surface area (Å²) in [5.41, 5.74) is 2.43. The van der Waals surface area contributed by atoms with E-state index in [0.29, 0.717) is 12.3 Å². The first kappa shape index (κ1) is 18.4. The van der Waals surface area contributed by atoms with E-state index in [1.165, 1.54) is 18.5 Å². The number of aromatic nitrogens is 2. The predicted molar refractivity (Wildman–Crippen MR) is 104 cm³/mol. The van der Waals surface area contributed by atoms with Gasteiger partial charge in [0.2, 0.25) is 11.6 Å². The van der Waals surface area contributed by atoms with Crippen LogP contribution >= 0.6 is 0 Å². The minimum atomic E-state index is -0.291. The van der Waals surface area contributed by atoms with E-state index >= 15 is 0 Å². The number of hydrogen-bond donors (Lipinski definition) is 1. The van der Waals surface area contributed by atoms with Gasteiger partial charge in [0, 0.05) is 31.1 Å². The molecule has 0 saturated carbocycles. The summed E-state index contributed by atoms with van der Waals surface area (Å²) in [6, 6.07) is 6.30. The number of piperidine rings is 1. The lowest BCUT2D eigenvalue weighted by atomic mass is 9.95. The molecule has 3 heterocycles. The van der Waals surface area contributed by atoms with E-state index in [1.807, 2.05) is 19.9 Å². The predicted octanol–water partition coefficient (Wildman–Crippen LogP) is 3.51. The molecule has 0 spiro atoms. The summed E-state index contributed by atoms with van der Waals surface area (Å²) in [4.78, 5) is 23.4. The van der Waals surface area contributed by atoms with Gasteiger partial charge in [-0.2, -0.15) is 0 Å². The monoisotopic (exact) mass is 382 g/mol. The molecule has 28 heavy (non-hydrogen) atoms. The number of carbonyl (C=O) groups excluding carboxylic acids is 1. The quantitative estimate of drug-likeness (QED) is 0.748. The van der Waals surface area contributed by atoms with Gasteiger partial charge in [0.15, 0.2) is 0 Å². The van der Waals surface area contributed by atoms with E-state index in [9.17, 15) is 9.18 Å². The van der Waals surface area contributed by atoms with E-state index in [0.717, 1.165) is 54.0 Å². The van der Waals surface area contributed by atoms with Gasteiger partial charge in [-0.05, 0) is 44.4 Å². The third-order valence-corrected chi connectivity index (χ3v) is 5.47. The van der Waals surface area contributed by atoms with E-state index < -0.39 is 0 Å². The third kappa shape index (κ3) is 3.56. The van der Waals surface area contributed by atoms with Crippen LogP contribution in [-0.4, -0.2) is 29.0 Å². The first-order valence-corrected chi connectivity index (χ1v) is 9.50. The van der Waals surface area contributed by atoms with Crippen molar-refractivity contribution in [3.8, 4) is 0 Å². The molecule has 4 rings (SSSR count). The molecule has 0 aliphatic carbocycles. The number of aryl methyl sites for hydroxylation is 2. The van der Waals surface area contributed by atoms with Crippen LogP contribution in [0.5, 0.6) is 0 Å². The van der Waals surface area contributed by atoms with Crippen molar-refractivity contribution in [2.24, 2.45) is 5.92 Å². The Kier molecular flexibility index (Phi) is 4.98. The zero-order chi connectivity index (χ0) is 19.7. The SMILES string of the molecule is Cc1oc2ncnc(N3CCC(C(=O)NCc4cccc(F)c4)CC3)c2c1C. The van der Waals surface area contributed by atoms with E-state index in [1.54, 1.807) is 6.07 Å². The maximum Gasteiger partial charge on any atom is 0.231 e. The molecule has 1 aliphatic rings. The molecular formula is C21H23FN4O2. The highest BCUT2D eigenvalue weighted by Crippen LogP contribution is 2.32. The Labute approximate surface area is 162 Å². The highest BCUT2D eigenvalue weighted by atomic mass is 19.1. The molecule has 1 fully saturated rings. The van der Waals surface area contributed by atoms with Crippen LogP contribution in [0.15, 0.2) is 35.0 Å². The summed E-state index contributed by atoms with van der Waals surface area (Å²) < 4.78 is 19.0. The first-order chi connectivity index (χ1) is 13.5. The molecule has 1 aliphatic heterocycles. The highest BCUT2D eigenvalue weighted by Gasteiger charge is 2.27. The number of nitrogens with zero attached hydrogens (tertiary/aromatic N) is 3. The fourth-order valence-electron chi connectivity index (χ4n) is 3.74. The smallest absolute Gasteiger partial charge is 0.231 e. The van der Waals surface area contributed by atoms with Gasteiger partial charge in [-0.15, -0.1) is 0 Å². The van der Waals surface area contributed by atoms with E-state index in [2.05, 4.69) is 20.2 Å². The number of anilines is 1. The second-order valence-electron chi connectivity index (χ2n) is 7.27. The molecule has 6 nitrogen and oxygen atoms in total. The Bertz CT molecular complexity index is 1010. The Morgan fingerprint density at radius 1 is 1.29 bits per heavy atom. The second-order valence-corrected chi connectivity index (χ2v) is 7.27. The second kappa shape index (κ2) is 7.58. The standard InChI is InChI=1S/C21H23FN4O2/c1-13-14(2)28-21-18(13)19(24-12-25-21)26-8-6-16(7-9-26)20(27)23-11-15-4-3-5-17(22)10-15/h3-5,10,12,16H,6-9,11H2,1-2H3,(H,23,27). The molecule has 2 aromatic heterocycles. The van der Waals surface area contributed by atoms with Crippen molar-refractivity contribution in [1.29, 1.82) is 0 Å². The molecule has 1 amide bonds. The average Bonchev–Trinajstić information content (AvgIpc) is 3.00. The topological polar surface area (TPSA) is 71.3 Å². The number of halogens is 1. The van der Waals surface area contributed by atoms with Crippen molar-refractivity contribution in [2.45, 2.75) is 33.2 Å². The molecule has 7 heteroatoms. The lowest BCUT2D eigenvalue weighted by molar-refractivity contribution is -0.125. The van der Waals surface area contributed by atoms with Crippen molar-refractivity contribution in [1.82, 2.24) is 15.3 Å². The molecule has 146 valence electrons. The van der Waals surface area contributed by atoms with Crippen LogP contribution < -0.4 is 10.2 Å². The average molecular weight is 382 g/mol. The number of nitrogens with one attached hydrogen (secondary N) is 1. The van der Waals surface area contributed by atoms with Crippen LogP contribution in [0.3, 0.4) is 0 Å². The van der Waals surface area contributed by atoms with Gasteiger partial charge < -0.3 is 14.6 Å². The van der Waals surface area contributed by atoms with Gasteiger partial charge in [0.1, 0.15) is 23.7 Å². The number of carbonyl (C=O) groups is 1. The molecule has 0 bridgehead atoms. The Morgan fingerprint density at radius 2 is 2.07 bits per heavy atom. The summed E-state index contributed by atoms with van der Waals surface area (Å²) in [5.74, 6) is 1.41. The van der Waals surface area contributed by atoms with Crippen LogP contribution in [0.25, 0.3) is 11.1 Å². The zero-order valence-corrected chi connectivity index (χ0v) is 16.0. The minimum Gasteiger partial charge on any atom is -0.443 e. The van der Waals surface area contributed by atoms with E-state index in [-0.39, 0.29) is 17.6 Å². The van der Waals surface area contributed by atoms with Gasteiger partial charge in [0.25, 0.3) is 0 Å². The Morgan fingerprint density at radius 3 is 2.82 bits per heavy atom. The molecule has 1 N–H and O–H groups in total. The lowest BCUT2D eigenvalue weighted by Crippen LogP contribution is -2.40. The molecule has 1 saturated heterocycles. The molecule has 3 aromatic rings. The fraction of sp³-hybridized carbons (Fsp3) is 0.381. The lowest BCUT2D eigenvalue weighted by Gasteiger charge is -2.32. The largest absolute Gasteiger partial charge is 0.443 e. The normalized spacial score (nSPS) is 15.2. The van der Waals surface area contributed by atoms with Crippen LogP contribution in [0.1, 0.15) is 29.7 Å². The summed E-state index contributed by atoms with van der Waals surface area (Å²) in [6.07, 6.45) is 3.02. The first-order valence-electron chi connectivity index (χ1n) is 9.50. The van der Waals surface area contributed by atoms with Crippen LogP contribution in [0.4, 0.5) is 10.2 Å². The number of rotatable bonds is 4. The van der Waals surface area contributed by atoms with Gasteiger partial charge >= 0.3 is 0 Å². The minimum absolute atomic E-state index is 0.0204. The molecule has 0 radical (unpaired) electrons. The fourth-order valence-corrected chi connectivity index (χ4v) is 3.74. The number of benzene rings is 1.